The highest BCUT2D eigenvalue weighted by Crippen LogP contribution is 2.41. The summed E-state index contributed by atoms with van der Waals surface area (Å²) in [5, 5.41) is 33.0. The van der Waals surface area contributed by atoms with Crippen LogP contribution in [0.1, 0.15) is 25.7 Å². The number of likely N-dealkylation sites (tertiary alicyclic amines) is 1. The predicted octanol–water partition coefficient (Wildman–Crippen LogP) is -0.146. The number of urea groups is 1. The van der Waals surface area contributed by atoms with Crippen LogP contribution in [0.5, 0.6) is 0 Å². The molecule has 0 aromatic carbocycles. The second-order valence-electron chi connectivity index (χ2n) is 6.70. The fourth-order valence-electron chi connectivity index (χ4n) is 3.05. The number of thioether (sulfide) groups is 2. The van der Waals surface area contributed by atoms with Gasteiger partial charge in [-0.1, -0.05) is 0 Å². The molecule has 0 saturated carbocycles. The Hall–Kier alpha value is -2.15. The van der Waals surface area contributed by atoms with Crippen molar-refractivity contribution in [1.29, 1.82) is 0 Å². The highest BCUT2D eigenvalue weighted by molar-refractivity contribution is 8.19. The van der Waals surface area contributed by atoms with Crippen molar-refractivity contribution in [3.05, 3.63) is 0 Å². The minimum absolute atomic E-state index is 0.0621. The molecule has 2 rings (SSSR count). The molecule has 0 aromatic rings. The highest BCUT2D eigenvalue weighted by Gasteiger charge is 2.39. The van der Waals surface area contributed by atoms with Crippen molar-refractivity contribution < 1.29 is 39.3 Å². The van der Waals surface area contributed by atoms with Gasteiger partial charge < -0.3 is 30.9 Å². The molecule has 4 atom stereocenters. The normalized spacial score (nSPS) is 22.4. The van der Waals surface area contributed by atoms with Gasteiger partial charge in [0, 0.05) is 41.5 Å². The topological polar surface area (TPSA) is 173 Å². The lowest BCUT2D eigenvalue weighted by atomic mass is 10.1. The summed E-state index contributed by atoms with van der Waals surface area (Å²) in [6, 6.07) is -3.90. The van der Waals surface area contributed by atoms with Crippen LogP contribution >= 0.6 is 23.5 Å². The molecule has 2 fully saturated rings. The molecule has 3 amide bonds. The summed E-state index contributed by atoms with van der Waals surface area (Å²) in [4.78, 5) is 59.1. The van der Waals surface area contributed by atoms with Crippen LogP contribution in [-0.4, -0.2) is 90.8 Å². The molecule has 5 N–H and O–H groups in total. The van der Waals surface area contributed by atoms with Crippen LogP contribution < -0.4 is 10.6 Å². The van der Waals surface area contributed by atoms with Crippen LogP contribution in [-0.2, 0) is 19.2 Å². The molecule has 0 bridgehead atoms. The summed E-state index contributed by atoms with van der Waals surface area (Å²) < 4.78 is 0. The van der Waals surface area contributed by atoms with E-state index < -0.39 is 42.4 Å². The zero-order chi connectivity index (χ0) is 21.6. The van der Waals surface area contributed by atoms with Gasteiger partial charge in [-0.05, 0) is 12.8 Å². The molecule has 11 nitrogen and oxygen atoms in total. The predicted molar refractivity (Wildman–Crippen MR) is 105 cm³/mol. The zero-order valence-corrected chi connectivity index (χ0v) is 17.0. The van der Waals surface area contributed by atoms with E-state index in [0.29, 0.717) is 23.6 Å². The Bertz CT molecular complexity index is 665. The minimum atomic E-state index is -1.47. The first kappa shape index (κ1) is 23.1. The lowest BCUT2D eigenvalue weighted by molar-refractivity contribution is -0.141. The van der Waals surface area contributed by atoms with E-state index in [1.807, 2.05) is 28.8 Å². The Kier molecular flexibility index (Phi) is 8.44. The molecule has 2 aliphatic rings. The number of carbonyl (C=O) groups excluding carboxylic acids is 2. The van der Waals surface area contributed by atoms with E-state index in [4.69, 9.17) is 10.2 Å². The summed E-state index contributed by atoms with van der Waals surface area (Å²) in [6.07, 6.45) is -1.02. The maximum Gasteiger partial charge on any atom is 0.326 e. The molecule has 2 heterocycles. The fraction of sp³-hybridized carbons (Fsp3) is 0.688. The van der Waals surface area contributed by atoms with Gasteiger partial charge in [-0.25, -0.2) is 14.4 Å². The Morgan fingerprint density at radius 3 is 1.79 bits per heavy atom. The van der Waals surface area contributed by atoms with Crippen LogP contribution in [0, 0.1) is 0 Å². The Balaban J connectivity index is 1.81. The number of carboxylic acid groups (broad SMARTS) is 3. The second-order valence-corrected chi connectivity index (χ2v) is 9.52. The first-order valence-electron chi connectivity index (χ1n) is 8.92. The number of hydrogen-bond acceptors (Lipinski definition) is 7. The van der Waals surface area contributed by atoms with Gasteiger partial charge in [-0.3, -0.25) is 9.59 Å². The quantitative estimate of drug-likeness (QED) is 0.302. The van der Waals surface area contributed by atoms with Gasteiger partial charge in [0.2, 0.25) is 5.91 Å². The number of hydrogen-bond donors (Lipinski definition) is 5. The average molecular weight is 450 g/mol. The summed E-state index contributed by atoms with van der Waals surface area (Å²) in [5.41, 5.74) is 0. The molecule has 162 valence electrons. The third-order valence-electron chi connectivity index (χ3n) is 4.63. The Morgan fingerprint density at radius 2 is 1.34 bits per heavy atom. The van der Waals surface area contributed by atoms with E-state index in [2.05, 4.69) is 5.32 Å². The van der Waals surface area contributed by atoms with E-state index in [0.717, 1.165) is 5.08 Å². The zero-order valence-electron chi connectivity index (χ0n) is 15.4. The molecule has 0 aromatic heterocycles. The van der Waals surface area contributed by atoms with Crippen LogP contribution in [0.3, 0.4) is 0 Å². The molecule has 0 radical (unpaired) electrons. The maximum absolute atomic E-state index is 12.4. The molecule has 2 aliphatic heterocycles. The lowest BCUT2D eigenvalue weighted by Crippen LogP contribution is -2.51. The van der Waals surface area contributed by atoms with Gasteiger partial charge in [0.05, 0.1) is 0 Å². The van der Waals surface area contributed by atoms with Crippen LogP contribution in [0.2, 0.25) is 0 Å². The van der Waals surface area contributed by atoms with Crippen molar-refractivity contribution in [3.63, 3.8) is 0 Å². The summed E-state index contributed by atoms with van der Waals surface area (Å²) in [6.45, 7) is 1.27. The smallest absolute Gasteiger partial charge is 0.326 e. The van der Waals surface area contributed by atoms with Crippen LogP contribution in [0.4, 0.5) is 4.79 Å². The number of aliphatic carboxylic acids is 3. The Morgan fingerprint density at radius 1 is 0.862 bits per heavy atom. The SMILES string of the molecule is O=C(O)CC[C@H](NC(=O)N[C@@H](CCC(=O)N1CC2SCS[C@H]2C1)C(=O)O)C(=O)O. The summed E-state index contributed by atoms with van der Waals surface area (Å²) >= 11 is 3.62. The van der Waals surface area contributed by atoms with Crippen molar-refractivity contribution in [2.24, 2.45) is 0 Å². The van der Waals surface area contributed by atoms with Crippen LogP contribution in [0.25, 0.3) is 0 Å². The summed E-state index contributed by atoms with van der Waals surface area (Å²) in [5.74, 6) is -4.18. The molecular weight excluding hydrogens is 426 g/mol. The third kappa shape index (κ3) is 6.99. The number of nitrogens with zero attached hydrogens (tertiary/aromatic N) is 1. The van der Waals surface area contributed by atoms with E-state index in [1.165, 1.54) is 0 Å². The fourth-order valence-corrected chi connectivity index (χ4v) is 6.40. The molecule has 1 unspecified atom stereocenters. The standard InChI is InChI=1S/C16H23N3O8S2/c20-12(19-5-10-11(6-19)29-7-28-10)3-1-8(14(23)24)17-16(27)18-9(15(25)26)2-4-13(21)22/h8-11H,1-7H2,(H,21,22)(H,23,24)(H,25,26)(H2,17,18,27)/t8-,9-,10-,11?/m0/s1. The summed E-state index contributed by atoms with van der Waals surface area (Å²) in [7, 11) is 0. The van der Waals surface area contributed by atoms with Gasteiger partial charge in [0.1, 0.15) is 12.1 Å². The second kappa shape index (κ2) is 10.6. The lowest BCUT2D eigenvalue weighted by Gasteiger charge is -2.20. The van der Waals surface area contributed by atoms with E-state index in [9.17, 15) is 29.1 Å². The van der Waals surface area contributed by atoms with Crippen molar-refractivity contribution in [1.82, 2.24) is 15.5 Å². The van der Waals surface area contributed by atoms with Gasteiger partial charge in [-0.15, -0.1) is 23.5 Å². The van der Waals surface area contributed by atoms with E-state index >= 15 is 0 Å². The maximum atomic E-state index is 12.4. The van der Waals surface area contributed by atoms with Gasteiger partial charge >= 0.3 is 23.9 Å². The number of nitrogens with one attached hydrogen (secondary N) is 2. The first-order chi connectivity index (χ1) is 13.7. The number of amides is 3. The number of fused-ring (bicyclic) bond motifs is 1. The van der Waals surface area contributed by atoms with Gasteiger partial charge in [-0.2, -0.15) is 0 Å². The Labute approximate surface area is 174 Å². The monoisotopic (exact) mass is 449 g/mol. The molecular formula is C16H23N3O8S2. The number of carboxylic acids is 3. The van der Waals surface area contributed by atoms with Crippen molar-refractivity contribution >= 4 is 53.4 Å². The van der Waals surface area contributed by atoms with Crippen molar-refractivity contribution in [2.75, 3.05) is 18.2 Å². The average Bonchev–Trinajstić information content (AvgIpc) is 3.23. The molecule has 0 aliphatic carbocycles. The van der Waals surface area contributed by atoms with Crippen molar-refractivity contribution in [2.45, 2.75) is 48.3 Å². The minimum Gasteiger partial charge on any atom is -0.481 e. The first-order valence-corrected chi connectivity index (χ1v) is 11.0. The van der Waals surface area contributed by atoms with Crippen molar-refractivity contribution in [3.8, 4) is 0 Å². The number of carbonyl (C=O) groups is 5. The molecule has 13 heteroatoms. The third-order valence-corrected chi connectivity index (χ3v) is 7.71. The van der Waals surface area contributed by atoms with E-state index in [1.54, 1.807) is 4.90 Å². The van der Waals surface area contributed by atoms with E-state index in [-0.39, 0.29) is 25.2 Å². The van der Waals surface area contributed by atoms with Gasteiger partial charge in [0.15, 0.2) is 0 Å². The van der Waals surface area contributed by atoms with Crippen LogP contribution in [0.15, 0.2) is 0 Å². The van der Waals surface area contributed by atoms with Gasteiger partial charge in [0.25, 0.3) is 0 Å². The highest BCUT2D eigenvalue weighted by atomic mass is 32.2. The largest absolute Gasteiger partial charge is 0.481 e. The number of rotatable bonds is 10. The molecule has 0 spiro atoms. The molecule has 2 saturated heterocycles. The molecule has 29 heavy (non-hydrogen) atoms.